The lowest BCUT2D eigenvalue weighted by Crippen LogP contribution is -2.34. The molecule has 0 aliphatic carbocycles. The number of hydrogen-bond donors (Lipinski definition) is 3. The summed E-state index contributed by atoms with van der Waals surface area (Å²) in [7, 11) is 0. The lowest BCUT2D eigenvalue weighted by Gasteiger charge is -2.17. The Morgan fingerprint density at radius 1 is 1.20 bits per heavy atom. The third kappa shape index (κ3) is 3.34. The Kier molecular flexibility index (Phi) is 4.45. The molecule has 7 nitrogen and oxygen atoms in total. The molecule has 1 aliphatic rings. The number of anilines is 2. The number of carboxylic acids is 1. The molecular formula is C17H13BrN2O5. The van der Waals surface area contributed by atoms with Crippen LogP contribution in [0.4, 0.5) is 11.4 Å². The Morgan fingerprint density at radius 3 is 2.60 bits per heavy atom. The summed E-state index contributed by atoms with van der Waals surface area (Å²) in [6.45, 7) is 0. The minimum atomic E-state index is -1.29. The summed E-state index contributed by atoms with van der Waals surface area (Å²) >= 11 is 3.34. The van der Waals surface area contributed by atoms with Crippen molar-refractivity contribution in [1.82, 2.24) is 0 Å². The highest BCUT2D eigenvalue weighted by atomic mass is 79.9. The number of carbonyl (C=O) groups is 3. The number of phenols is 1. The van der Waals surface area contributed by atoms with E-state index in [1.165, 1.54) is 6.07 Å². The van der Waals surface area contributed by atoms with Crippen molar-refractivity contribution in [2.75, 3.05) is 10.2 Å². The minimum Gasteiger partial charge on any atom is -0.507 e. The van der Waals surface area contributed by atoms with Crippen molar-refractivity contribution >= 4 is 45.1 Å². The highest BCUT2D eigenvalue weighted by Gasteiger charge is 2.39. The zero-order chi connectivity index (χ0) is 18.1. The van der Waals surface area contributed by atoms with E-state index in [9.17, 15) is 19.5 Å². The van der Waals surface area contributed by atoms with Crippen LogP contribution in [0.3, 0.4) is 0 Å². The first-order chi connectivity index (χ1) is 11.9. The van der Waals surface area contributed by atoms with Crippen molar-refractivity contribution in [3.8, 4) is 5.75 Å². The van der Waals surface area contributed by atoms with Crippen LogP contribution in [0.1, 0.15) is 16.8 Å². The van der Waals surface area contributed by atoms with E-state index in [-0.39, 0.29) is 17.7 Å². The van der Waals surface area contributed by atoms with Crippen molar-refractivity contribution in [2.24, 2.45) is 0 Å². The molecule has 1 aliphatic heterocycles. The van der Waals surface area contributed by atoms with Crippen LogP contribution in [-0.4, -0.2) is 34.0 Å². The van der Waals surface area contributed by atoms with E-state index in [0.717, 1.165) is 21.5 Å². The molecule has 0 aromatic heterocycles. The van der Waals surface area contributed by atoms with Crippen LogP contribution >= 0.6 is 15.9 Å². The largest absolute Gasteiger partial charge is 0.507 e. The van der Waals surface area contributed by atoms with E-state index >= 15 is 0 Å². The highest BCUT2D eigenvalue weighted by Crippen LogP contribution is 2.30. The molecule has 2 aromatic rings. The second kappa shape index (κ2) is 6.56. The standard InChI is InChI=1S/C17H13BrN2O5/c18-9-2-1-3-10(6-9)19-13-8-15(22)20(16(13)23)11-4-5-12(17(24)25)14(21)7-11/h1-7,13,19,21H,8H2,(H,24,25). The molecule has 1 saturated heterocycles. The van der Waals surface area contributed by atoms with Gasteiger partial charge in [-0.2, -0.15) is 0 Å². The highest BCUT2D eigenvalue weighted by molar-refractivity contribution is 9.10. The van der Waals surface area contributed by atoms with Crippen LogP contribution in [0.5, 0.6) is 5.75 Å². The van der Waals surface area contributed by atoms with Crippen LogP contribution in [0.25, 0.3) is 0 Å². The molecule has 1 fully saturated rings. The van der Waals surface area contributed by atoms with Crippen molar-refractivity contribution in [3.63, 3.8) is 0 Å². The maximum atomic E-state index is 12.6. The normalized spacial score (nSPS) is 17.0. The van der Waals surface area contributed by atoms with Crippen LogP contribution in [0.15, 0.2) is 46.9 Å². The van der Waals surface area contributed by atoms with Crippen LogP contribution in [0, 0.1) is 0 Å². The average Bonchev–Trinajstić information content (AvgIpc) is 2.81. The minimum absolute atomic E-state index is 0.0349. The summed E-state index contributed by atoms with van der Waals surface area (Å²) in [5.74, 6) is -2.70. The third-order valence-electron chi connectivity index (χ3n) is 3.78. The number of carboxylic acid groups (broad SMARTS) is 1. The number of carbonyl (C=O) groups excluding carboxylic acids is 2. The lowest BCUT2D eigenvalue weighted by atomic mass is 10.1. The van der Waals surface area contributed by atoms with E-state index < -0.39 is 29.6 Å². The van der Waals surface area contributed by atoms with Gasteiger partial charge in [-0.1, -0.05) is 22.0 Å². The first-order valence-electron chi connectivity index (χ1n) is 7.32. The number of nitrogens with one attached hydrogen (secondary N) is 1. The SMILES string of the molecule is O=C(O)c1ccc(N2C(=O)CC(Nc3cccc(Br)c3)C2=O)cc1O. The molecule has 3 N–H and O–H groups in total. The number of benzene rings is 2. The maximum absolute atomic E-state index is 12.6. The Hall–Kier alpha value is -2.87. The van der Waals surface area contributed by atoms with Crippen LogP contribution in [0.2, 0.25) is 0 Å². The van der Waals surface area contributed by atoms with Crippen molar-refractivity contribution < 1.29 is 24.6 Å². The van der Waals surface area contributed by atoms with E-state index in [1.54, 1.807) is 18.2 Å². The molecule has 0 bridgehead atoms. The fourth-order valence-electron chi connectivity index (χ4n) is 2.64. The number of amides is 2. The van der Waals surface area contributed by atoms with Gasteiger partial charge in [-0.3, -0.25) is 9.59 Å². The van der Waals surface area contributed by atoms with Crippen LogP contribution < -0.4 is 10.2 Å². The van der Waals surface area contributed by atoms with Gasteiger partial charge in [-0.05, 0) is 30.3 Å². The molecule has 0 saturated carbocycles. The first-order valence-corrected chi connectivity index (χ1v) is 8.11. The molecule has 1 heterocycles. The number of hydrogen-bond acceptors (Lipinski definition) is 5. The van der Waals surface area contributed by atoms with E-state index in [0.29, 0.717) is 5.69 Å². The van der Waals surface area contributed by atoms with Crippen molar-refractivity contribution in [2.45, 2.75) is 12.5 Å². The second-order valence-electron chi connectivity index (χ2n) is 5.49. The van der Waals surface area contributed by atoms with Gasteiger partial charge in [0.2, 0.25) is 5.91 Å². The van der Waals surface area contributed by atoms with E-state index in [1.807, 2.05) is 6.07 Å². The number of aromatic carboxylic acids is 1. The Balaban J connectivity index is 1.84. The smallest absolute Gasteiger partial charge is 0.339 e. The van der Waals surface area contributed by atoms with E-state index in [4.69, 9.17) is 5.11 Å². The maximum Gasteiger partial charge on any atom is 0.339 e. The molecule has 0 spiro atoms. The van der Waals surface area contributed by atoms with Gasteiger partial charge < -0.3 is 15.5 Å². The van der Waals surface area contributed by atoms with Gasteiger partial charge in [0.25, 0.3) is 5.91 Å². The number of halogens is 1. The van der Waals surface area contributed by atoms with Gasteiger partial charge in [0.1, 0.15) is 17.4 Å². The lowest BCUT2D eigenvalue weighted by molar-refractivity contribution is -0.121. The Bertz CT molecular complexity index is 883. The molecule has 0 radical (unpaired) electrons. The molecule has 25 heavy (non-hydrogen) atoms. The summed E-state index contributed by atoms with van der Waals surface area (Å²) in [5, 5.41) is 21.7. The predicted molar refractivity (Wildman–Crippen MR) is 93.7 cm³/mol. The molecule has 8 heteroatoms. The number of imide groups is 1. The monoisotopic (exact) mass is 404 g/mol. The number of aromatic hydroxyl groups is 1. The summed E-state index contributed by atoms with van der Waals surface area (Å²) < 4.78 is 0.834. The summed E-state index contributed by atoms with van der Waals surface area (Å²) in [5.41, 5.74) is 0.522. The zero-order valence-corrected chi connectivity index (χ0v) is 14.4. The van der Waals surface area contributed by atoms with Crippen molar-refractivity contribution in [1.29, 1.82) is 0 Å². The molecule has 2 amide bonds. The molecule has 1 atom stereocenters. The fourth-order valence-corrected chi connectivity index (χ4v) is 3.03. The van der Waals surface area contributed by atoms with Gasteiger partial charge in [-0.25, -0.2) is 9.69 Å². The van der Waals surface area contributed by atoms with Gasteiger partial charge in [-0.15, -0.1) is 0 Å². The van der Waals surface area contributed by atoms with Gasteiger partial charge in [0.15, 0.2) is 0 Å². The predicted octanol–water partition coefficient (Wildman–Crippen LogP) is 2.60. The van der Waals surface area contributed by atoms with Gasteiger partial charge in [0, 0.05) is 16.2 Å². The number of nitrogens with zero attached hydrogens (tertiary/aromatic N) is 1. The summed E-state index contributed by atoms with van der Waals surface area (Å²) in [6.07, 6.45) is -0.0349. The van der Waals surface area contributed by atoms with Crippen molar-refractivity contribution in [3.05, 3.63) is 52.5 Å². The summed E-state index contributed by atoms with van der Waals surface area (Å²) in [4.78, 5) is 36.7. The molecular weight excluding hydrogens is 392 g/mol. The van der Waals surface area contributed by atoms with Gasteiger partial charge >= 0.3 is 5.97 Å². The average molecular weight is 405 g/mol. The third-order valence-corrected chi connectivity index (χ3v) is 4.28. The topological polar surface area (TPSA) is 107 Å². The molecule has 1 unspecified atom stereocenters. The van der Waals surface area contributed by atoms with E-state index in [2.05, 4.69) is 21.2 Å². The summed E-state index contributed by atoms with van der Waals surface area (Å²) in [6, 6.07) is 10.0. The van der Waals surface area contributed by atoms with Gasteiger partial charge in [0.05, 0.1) is 12.1 Å². The first kappa shape index (κ1) is 17.0. The molecule has 3 rings (SSSR count). The molecule has 128 valence electrons. The Labute approximate surface area is 151 Å². The fraction of sp³-hybridized carbons (Fsp3) is 0.118. The quantitative estimate of drug-likeness (QED) is 0.676. The number of rotatable bonds is 4. The zero-order valence-electron chi connectivity index (χ0n) is 12.8. The second-order valence-corrected chi connectivity index (χ2v) is 6.40. The van der Waals surface area contributed by atoms with Crippen LogP contribution in [-0.2, 0) is 9.59 Å². The Morgan fingerprint density at radius 2 is 1.96 bits per heavy atom. The molecule has 2 aromatic carbocycles.